The molecule has 0 bridgehead atoms. The second kappa shape index (κ2) is 10.5. The van der Waals surface area contributed by atoms with Crippen molar-refractivity contribution < 1.29 is 14.3 Å². The Morgan fingerprint density at radius 1 is 1.06 bits per heavy atom. The van der Waals surface area contributed by atoms with Crippen LogP contribution in [-0.4, -0.2) is 25.0 Å². The van der Waals surface area contributed by atoms with Crippen LogP contribution in [0.3, 0.4) is 0 Å². The van der Waals surface area contributed by atoms with Gasteiger partial charge in [-0.05, 0) is 42.0 Å². The third-order valence-corrected chi connectivity index (χ3v) is 6.71. The number of amides is 2. The summed E-state index contributed by atoms with van der Waals surface area (Å²) in [6.07, 6.45) is 4.44. The van der Waals surface area contributed by atoms with Crippen molar-refractivity contribution in [2.75, 3.05) is 12.0 Å². The van der Waals surface area contributed by atoms with Gasteiger partial charge in [-0.25, -0.2) is 0 Å². The van der Waals surface area contributed by atoms with Crippen molar-refractivity contribution >= 4 is 28.8 Å². The molecule has 0 aliphatic heterocycles. The standard InChI is InChI=1S/C26H28N2O3S/c1-31-22-14-7-13-21(17-22)28(24(29)18-23-15-8-16-32-23)25(19-9-3-2-4-10-19)26(30)27-20-11-5-6-12-20/h2-4,7-10,13-17,20,25H,5-6,11-12,18H2,1H3,(H,27,30)/t25-/m0/s1. The number of hydrogen-bond acceptors (Lipinski definition) is 4. The van der Waals surface area contributed by atoms with E-state index in [0.717, 1.165) is 36.1 Å². The number of methoxy groups -OCH3 is 1. The van der Waals surface area contributed by atoms with Gasteiger partial charge in [0.25, 0.3) is 0 Å². The molecular weight excluding hydrogens is 420 g/mol. The topological polar surface area (TPSA) is 58.6 Å². The zero-order valence-electron chi connectivity index (χ0n) is 18.2. The first-order valence-corrected chi connectivity index (χ1v) is 11.9. The molecule has 32 heavy (non-hydrogen) atoms. The summed E-state index contributed by atoms with van der Waals surface area (Å²) in [5.74, 6) is 0.362. The average Bonchev–Trinajstić information content (AvgIpc) is 3.52. The lowest BCUT2D eigenvalue weighted by atomic mass is 10.0. The summed E-state index contributed by atoms with van der Waals surface area (Å²) in [4.78, 5) is 29.9. The van der Waals surface area contributed by atoms with Crippen molar-refractivity contribution in [1.82, 2.24) is 5.32 Å². The maximum absolute atomic E-state index is 13.7. The molecule has 1 saturated carbocycles. The van der Waals surface area contributed by atoms with Crippen LogP contribution in [0.2, 0.25) is 0 Å². The highest BCUT2D eigenvalue weighted by Crippen LogP contribution is 2.32. The molecule has 4 rings (SSSR count). The quantitative estimate of drug-likeness (QED) is 0.520. The molecule has 1 aliphatic rings. The largest absolute Gasteiger partial charge is 0.497 e. The van der Waals surface area contributed by atoms with E-state index in [9.17, 15) is 9.59 Å². The van der Waals surface area contributed by atoms with Gasteiger partial charge in [0, 0.05) is 22.7 Å². The summed E-state index contributed by atoms with van der Waals surface area (Å²) in [6, 6.07) is 20.2. The fraction of sp³-hybridized carbons (Fsp3) is 0.308. The second-order valence-electron chi connectivity index (χ2n) is 8.02. The Kier molecular flexibility index (Phi) is 7.22. The van der Waals surface area contributed by atoms with Gasteiger partial charge in [-0.15, -0.1) is 11.3 Å². The number of rotatable bonds is 8. The lowest BCUT2D eigenvalue weighted by molar-refractivity contribution is -0.127. The molecule has 2 amide bonds. The third-order valence-electron chi connectivity index (χ3n) is 5.83. The zero-order valence-corrected chi connectivity index (χ0v) is 19.0. The molecule has 0 radical (unpaired) electrons. The van der Waals surface area contributed by atoms with E-state index in [2.05, 4.69) is 5.32 Å². The number of anilines is 1. The first kappa shape index (κ1) is 22.1. The number of hydrogen-bond donors (Lipinski definition) is 1. The molecule has 1 aromatic heterocycles. The van der Waals surface area contributed by atoms with Crippen LogP contribution in [0.15, 0.2) is 72.1 Å². The molecule has 0 saturated heterocycles. The van der Waals surface area contributed by atoms with E-state index in [0.29, 0.717) is 11.4 Å². The monoisotopic (exact) mass is 448 g/mol. The lowest BCUT2D eigenvalue weighted by Crippen LogP contribution is -2.46. The van der Waals surface area contributed by atoms with Crippen molar-refractivity contribution in [2.24, 2.45) is 0 Å². The van der Waals surface area contributed by atoms with Gasteiger partial charge in [0.15, 0.2) is 0 Å². The van der Waals surface area contributed by atoms with Crippen LogP contribution >= 0.6 is 11.3 Å². The van der Waals surface area contributed by atoms with Gasteiger partial charge in [-0.2, -0.15) is 0 Å². The van der Waals surface area contributed by atoms with E-state index in [-0.39, 0.29) is 24.3 Å². The minimum Gasteiger partial charge on any atom is -0.497 e. The minimum atomic E-state index is -0.767. The Bertz CT molecular complexity index is 1030. The molecule has 166 valence electrons. The van der Waals surface area contributed by atoms with E-state index in [4.69, 9.17) is 4.74 Å². The SMILES string of the molecule is COc1cccc(N(C(=O)Cc2cccs2)[C@H](C(=O)NC2CCCC2)c2ccccc2)c1. The van der Waals surface area contributed by atoms with Gasteiger partial charge in [-0.3, -0.25) is 14.5 Å². The summed E-state index contributed by atoms with van der Waals surface area (Å²) < 4.78 is 5.41. The van der Waals surface area contributed by atoms with E-state index >= 15 is 0 Å². The molecule has 1 heterocycles. The number of carbonyl (C=O) groups is 2. The van der Waals surface area contributed by atoms with Crippen LogP contribution in [0.1, 0.15) is 42.2 Å². The van der Waals surface area contributed by atoms with E-state index in [1.54, 1.807) is 23.3 Å². The summed E-state index contributed by atoms with van der Waals surface area (Å²) in [5, 5.41) is 5.17. The fourth-order valence-electron chi connectivity index (χ4n) is 4.25. The van der Waals surface area contributed by atoms with Crippen LogP contribution in [0, 0.1) is 0 Å². The minimum absolute atomic E-state index is 0.129. The number of thiophene rings is 1. The molecule has 1 atom stereocenters. The Labute approximate surface area is 193 Å². The summed E-state index contributed by atoms with van der Waals surface area (Å²) >= 11 is 1.54. The second-order valence-corrected chi connectivity index (χ2v) is 9.06. The molecule has 3 aromatic rings. The first-order chi connectivity index (χ1) is 15.7. The normalized spacial score (nSPS) is 14.7. The van der Waals surface area contributed by atoms with Crippen LogP contribution in [0.5, 0.6) is 5.75 Å². The van der Waals surface area contributed by atoms with E-state index < -0.39 is 6.04 Å². The van der Waals surface area contributed by atoms with Gasteiger partial charge in [0.2, 0.25) is 11.8 Å². The predicted molar refractivity (Wildman–Crippen MR) is 128 cm³/mol. The van der Waals surface area contributed by atoms with Gasteiger partial charge < -0.3 is 10.1 Å². The van der Waals surface area contributed by atoms with Crippen LogP contribution < -0.4 is 15.0 Å². The van der Waals surface area contributed by atoms with Crippen LogP contribution in [0.25, 0.3) is 0 Å². The summed E-state index contributed by atoms with van der Waals surface area (Å²) in [7, 11) is 1.60. The van der Waals surface area contributed by atoms with Gasteiger partial charge >= 0.3 is 0 Å². The summed E-state index contributed by atoms with van der Waals surface area (Å²) in [6.45, 7) is 0. The molecule has 6 heteroatoms. The van der Waals surface area contributed by atoms with Crippen molar-refractivity contribution in [3.05, 3.63) is 82.6 Å². The smallest absolute Gasteiger partial charge is 0.248 e. The molecule has 5 nitrogen and oxygen atoms in total. The molecule has 1 aliphatic carbocycles. The molecule has 1 fully saturated rings. The molecule has 1 N–H and O–H groups in total. The molecule has 0 unspecified atom stereocenters. The number of benzene rings is 2. The predicted octanol–water partition coefficient (Wildman–Crippen LogP) is 5.13. The lowest BCUT2D eigenvalue weighted by Gasteiger charge is -2.32. The first-order valence-electron chi connectivity index (χ1n) is 11.0. The van der Waals surface area contributed by atoms with Gasteiger partial charge in [0.05, 0.1) is 13.5 Å². The van der Waals surface area contributed by atoms with Gasteiger partial charge in [0.1, 0.15) is 11.8 Å². The molecule has 0 spiro atoms. The maximum Gasteiger partial charge on any atom is 0.248 e. The number of nitrogens with zero attached hydrogens (tertiary/aromatic N) is 1. The van der Waals surface area contributed by atoms with Crippen molar-refractivity contribution in [2.45, 2.75) is 44.2 Å². The zero-order chi connectivity index (χ0) is 22.3. The Morgan fingerprint density at radius 2 is 1.84 bits per heavy atom. The highest BCUT2D eigenvalue weighted by molar-refractivity contribution is 7.10. The maximum atomic E-state index is 13.7. The Balaban J connectivity index is 1.75. The number of nitrogens with one attached hydrogen (secondary N) is 1. The van der Waals surface area contributed by atoms with Crippen molar-refractivity contribution in [3.8, 4) is 5.75 Å². The molecule has 2 aromatic carbocycles. The molecular formula is C26H28N2O3S. The van der Waals surface area contributed by atoms with Crippen molar-refractivity contribution in [1.29, 1.82) is 0 Å². The Hall–Kier alpha value is -3.12. The Morgan fingerprint density at radius 3 is 2.53 bits per heavy atom. The van der Waals surface area contributed by atoms with Crippen LogP contribution in [-0.2, 0) is 16.0 Å². The third kappa shape index (κ3) is 5.19. The van der Waals surface area contributed by atoms with Crippen molar-refractivity contribution in [3.63, 3.8) is 0 Å². The average molecular weight is 449 g/mol. The van der Waals surface area contributed by atoms with E-state index in [1.165, 1.54) is 0 Å². The van der Waals surface area contributed by atoms with Crippen LogP contribution in [0.4, 0.5) is 5.69 Å². The number of ether oxygens (including phenoxy) is 1. The van der Waals surface area contributed by atoms with E-state index in [1.807, 2.05) is 72.1 Å². The number of carbonyl (C=O) groups excluding carboxylic acids is 2. The summed E-state index contributed by atoms with van der Waals surface area (Å²) in [5.41, 5.74) is 1.42. The highest BCUT2D eigenvalue weighted by atomic mass is 32.1. The van der Waals surface area contributed by atoms with Gasteiger partial charge in [-0.1, -0.05) is 55.3 Å². The fourth-order valence-corrected chi connectivity index (χ4v) is 4.94. The highest BCUT2D eigenvalue weighted by Gasteiger charge is 2.34.